The van der Waals surface area contributed by atoms with Gasteiger partial charge in [-0.05, 0) is 37.5 Å². The van der Waals surface area contributed by atoms with E-state index in [2.05, 4.69) is 18.0 Å². The highest BCUT2D eigenvalue weighted by Crippen LogP contribution is 2.44. The smallest absolute Gasteiger partial charge is 0.0503 e. The van der Waals surface area contributed by atoms with E-state index in [-0.39, 0.29) is 4.87 Å². The second-order valence-corrected chi connectivity index (χ2v) is 4.45. The van der Waals surface area contributed by atoms with E-state index in [4.69, 9.17) is 11.6 Å². The molecule has 0 aromatic carbocycles. The first-order chi connectivity index (χ1) is 5.68. The summed E-state index contributed by atoms with van der Waals surface area (Å²) in [6.07, 6.45) is 5.07. The first-order valence-electron chi connectivity index (χ1n) is 4.28. The Morgan fingerprint density at radius 3 is 2.92 bits per heavy atom. The van der Waals surface area contributed by atoms with Gasteiger partial charge in [0.15, 0.2) is 0 Å². The highest BCUT2D eigenvalue weighted by Gasteiger charge is 2.40. The van der Waals surface area contributed by atoms with E-state index in [1.165, 1.54) is 5.56 Å². The minimum absolute atomic E-state index is 0.0563. The predicted octanol–water partition coefficient (Wildman–Crippen LogP) is 2.70. The summed E-state index contributed by atoms with van der Waals surface area (Å²) < 4.78 is 0. The van der Waals surface area contributed by atoms with E-state index in [1.54, 1.807) is 0 Å². The highest BCUT2D eigenvalue weighted by molar-refractivity contribution is 6.25. The van der Waals surface area contributed by atoms with Crippen molar-refractivity contribution in [1.82, 2.24) is 4.98 Å². The van der Waals surface area contributed by atoms with Crippen molar-refractivity contribution in [1.29, 1.82) is 0 Å². The third kappa shape index (κ3) is 1.78. The summed E-state index contributed by atoms with van der Waals surface area (Å²) in [6, 6.07) is 4.12. The van der Waals surface area contributed by atoms with Gasteiger partial charge in [-0.3, -0.25) is 4.98 Å². The summed E-state index contributed by atoms with van der Waals surface area (Å²) in [6.45, 7) is 2.08. The summed E-state index contributed by atoms with van der Waals surface area (Å²) >= 11 is 6.19. The van der Waals surface area contributed by atoms with Crippen molar-refractivity contribution in [2.24, 2.45) is 0 Å². The molecule has 0 atom stereocenters. The number of nitrogens with zero attached hydrogens (tertiary/aromatic N) is 1. The second kappa shape index (κ2) is 2.74. The van der Waals surface area contributed by atoms with E-state index in [0.717, 1.165) is 25.0 Å². The van der Waals surface area contributed by atoms with Gasteiger partial charge in [-0.25, -0.2) is 0 Å². The van der Waals surface area contributed by atoms with Crippen LogP contribution in [0.2, 0.25) is 0 Å². The molecule has 1 fully saturated rings. The van der Waals surface area contributed by atoms with Crippen LogP contribution in [-0.2, 0) is 6.42 Å². The molecular formula is C10H12ClN. The van der Waals surface area contributed by atoms with Crippen LogP contribution in [-0.4, -0.2) is 9.86 Å². The van der Waals surface area contributed by atoms with Gasteiger partial charge in [0.1, 0.15) is 0 Å². The van der Waals surface area contributed by atoms with Gasteiger partial charge >= 0.3 is 0 Å². The van der Waals surface area contributed by atoms with Crippen molar-refractivity contribution >= 4 is 11.6 Å². The molecule has 2 heteroatoms. The van der Waals surface area contributed by atoms with Crippen LogP contribution in [0.5, 0.6) is 0 Å². The molecule has 0 spiro atoms. The van der Waals surface area contributed by atoms with Gasteiger partial charge in [0.25, 0.3) is 0 Å². The van der Waals surface area contributed by atoms with Gasteiger partial charge in [-0.1, -0.05) is 0 Å². The molecule has 1 aromatic rings. The van der Waals surface area contributed by atoms with Crippen molar-refractivity contribution in [2.45, 2.75) is 31.1 Å². The van der Waals surface area contributed by atoms with Gasteiger partial charge in [-0.2, -0.15) is 0 Å². The van der Waals surface area contributed by atoms with E-state index >= 15 is 0 Å². The van der Waals surface area contributed by atoms with Crippen LogP contribution < -0.4 is 0 Å². The summed E-state index contributed by atoms with van der Waals surface area (Å²) in [5, 5.41) is 0. The molecule has 1 aromatic heterocycles. The maximum Gasteiger partial charge on any atom is 0.0503 e. The average Bonchev–Trinajstić information content (AvgIpc) is 2.67. The van der Waals surface area contributed by atoms with Crippen LogP contribution in [0.4, 0.5) is 0 Å². The van der Waals surface area contributed by atoms with Crippen LogP contribution in [0.1, 0.15) is 24.1 Å². The summed E-state index contributed by atoms with van der Waals surface area (Å²) in [4.78, 5) is 4.34. The molecule has 1 aliphatic rings. The molecule has 12 heavy (non-hydrogen) atoms. The van der Waals surface area contributed by atoms with Gasteiger partial charge < -0.3 is 0 Å². The number of aryl methyl sites for hydroxylation is 1. The standard InChI is InChI=1S/C10H12ClN/c1-8-2-5-12-9(6-8)7-10(11)3-4-10/h2,5-6H,3-4,7H2,1H3. The molecule has 0 saturated heterocycles. The van der Waals surface area contributed by atoms with E-state index in [0.29, 0.717) is 0 Å². The lowest BCUT2D eigenvalue weighted by molar-refractivity contribution is 0.840. The first kappa shape index (κ1) is 8.06. The van der Waals surface area contributed by atoms with Crippen molar-refractivity contribution < 1.29 is 0 Å². The Balaban J connectivity index is 2.12. The Kier molecular flexibility index (Phi) is 1.84. The van der Waals surface area contributed by atoms with Crippen LogP contribution in [0, 0.1) is 6.92 Å². The number of rotatable bonds is 2. The van der Waals surface area contributed by atoms with Gasteiger partial charge in [-0.15, -0.1) is 11.6 Å². The Bertz CT molecular complexity index is 292. The van der Waals surface area contributed by atoms with E-state index in [9.17, 15) is 0 Å². The number of hydrogen-bond acceptors (Lipinski definition) is 1. The highest BCUT2D eigenvalue weighted by atomic mass is 35.5. The molecule has 1 heterocycles. The van der Waals surface area contributed by atoms with Crippen LogP contribution in [0.25, 0.3) is 0 Å². The van der Waals surface area contributed by atoms with Crippen molar-refractivity contribution in [3.8, 4) is 0 Å². The minimum atomic E-state index is 0.0563. The lowest BCUT2D eigenvalue weighted by Crippen LogP contribution is -2.04. The summed E-state index contributed by atoms with van der Waals surface area (Å²) in [7, 11) is 0. The van der Waals surface area contributed by atoms with Crippen molar-refractivity contribution in [3.63, 3.8) is 0 Å². The molecule has 0 aliphatic heterocycles. The molecule has 1 saturated carbocycles. The van der Waals surface area contributed by atoms with Crippen molar-refractivity contribution in [2.75, 3.05) is 0 Å². The molecule has 1 aliphatic carbocycles. The van der Waals surface area contributed by atoms with Crippen molar-refractivity contribution in [3.05, 3.63) is 29.6 Å². The number of hydrogen-bond donors (Lipinski definition) is 0. The lowest BCUT2D eigenvalue weighted by atomic mass is 10.1. The van der Waals surface area contributed by atoms with Crippen LogP contribution in [0.15, 0.2) is 18.3 Å². The molecule has 2 rings (SSSR count). The molecule has 0 radical (unpaired) electrons. The van der Waals surface area contributed by atoms with Crippen LogP contribution in [0.3, 0.4) is 0 Å². The third-order valence-corrected chi connectivity index (χ3v) is 2.77. The van der Waals surface area contributed by atoms with Gasteiger partial charge in [0, 0.05) is 18.3 Å². The minimum Gasteiger partial charge on any atom is -0.261 e. The molecule has 0 unspecified atom stereocenters. The molecule has 0 amide bonds. The lowest BCUT2D eigenvalue weighted by Gasteiger charge is -2.04. The predicted molar refractivity (Wildman–Crippen MR) is 50.5 cm³/mol. The average molecular weight is 182 g/mol. The zero-order chi connectivity index (χ0) is 8.60. The first-order valence-corrected chi connectivity index (χ1v) is 4.66. The maximum absolute atomic E-state index is 6.19. The fourth-order valence-corrected chi connectivity index (χ4v) is 1.56. The molecule has 1 nitrogen and oxygen atoms in total. The Morgan fingerprint density at radius 1 is 1.58 bits per heavy atom. The van der Waals surface area contributed by atoms with Gasteiger partial charge in [0.05, 0.1) is 4.87 Å². The van der Waals surface area contributed by atoms with E-state index < -0.39 is 0 Å². The normalized spacial score (nSPS) is 19.2. The zero-order valence-electron chi connectivity index (χ0n) is 7.18. The number of alkyl halides is 1. The Labute approximate surface area is 77.8 Å². The summed E-state index contributed by atoms with van der Waals surface area (Å²) in [5.41, 5.74) is 2.39. The second-order valence-electron chi connectivity index (χ2n) is 3.65. The summed E-state index contributed by atoms with van der Waals surface area (Å²) in [5.74, 6) is 0. The quantitative estimate of drug-likeness (QED) is 0.640. The molecule has 0 bridgehead atoms. The van der Waals surface area contributed by atoms with Crippen LogP contribution >= 0.6 is 11.6 Å². The molecule has 64 valence electrons. The zero-order valence-corrected chi connectivity index (χ0v) is 7.93. The number of aromatic nitrogens is 1. The monoisotopic (exact) mass is 181 g/mol. The number of pyridine rings is 1. The van der Waals surface area contributed by atoms with E-state index in [1.807, 2.05) is 12.3 Å². The third-order valence-electron chi connectivity index (χ3n) is 2.26. The largest absolute Gasteiger partial charge is 0.261 e. The number of halogens is 1. The SMILES string of the molecule is Cc1ccnc(CC2(Cl)CC2)c1. The fourth-order valence-electron chi connectivity index (χ4n) is 1.33. The molecular weight excluding hydrogens is 170 g/mol. The van der Waals surface area contributed by atoms with Gasteiger partial charge in [0.2, 0.25) is 0 Å². The fraction of sp³-hybridized carbons (Fsp3) is 0.500. The molecule has 0 N–H and O–H groups in total. The Hall–Kier alpha value is -0.560. The Morgan fingerprint density at radius 2 is 2.33 bits per heavy atom. The maximum atomic E-state index is 6.19. The topological polar surface area (TPSA) is 12.9 Å².